The zero-order valence-electron chi connectivity index (χ0n) is 11.2. The molecule has 0 aliphatic heterocycles. The molecule has 0 fully saturated rings. The van der Waals surface area contributed by atoms with Gasteiger partial charge in [0, 0.05) is 16.3 Å². The van der Waals surface area contributed by atoms with E-state index in [-0.39, 0.29) is 10.6 Å². The van der Waals surface area contributed by atoms with Crippen molar-refractivity contribution < 1.29 is 24.2 Å². The molecule has 2 aromatic heterocycles. The molecule has 0 atom stereocenters. The van der Waals surface area contributed by atoms with Gasteiger partial charge in [0.1, 0.15) is 10.6 Å². The minimum atomic E-state index is -0.738. The van der Waals surface area contributed by atoms with E-state index in [2.05, 4.69) is 5.32 Å². The number of urea groups is 1. The summed E-state index contributed by atoms with van der Waals surface area (Å²) < 4.78 is 4.72. The fourth-order valence-electron chi connectivity index (χ4n) is 1.42. The van der Waals surface area contributed by atoms with Crippen molar-refractivity contribution in [2.45, 2.75) is 6.54 Å². The first-order valence-corrected chi connectivity index (χ1v) is 7.85. The first kappa shape index (κ1) is 16.0. The number of amides is 3. The first-order valence-electron chi connectivity index (χ1n) is 6.09. The summed E-state index contributed by atoms with van der Waals surface area (Å²) >= 11 is 2.48. The van der Waals surface area contributed by atoms with Gasteiger partial charge in [-0.1, -0.05) is 6.07 Å². The summed E-state index contributed by atoms with van der Waals surface area (Å²) in [5, 5.41) is 16.9. The zero-order valence-corrected chi connectivity index (χ0v) is 12.8. The third-order valence-electron chi connectivity index (χ3n) is 2.38. The quantitative estimate of drug-likeness (QED) is 0.719. The van der Waals surface area contributed by atoms with Crippen LogP contribution in [0.5, 0.6) is 5.75 Å². The summed E-state index contributed by atoms with van der Waals surface area (Å²) in [6, 6.07) is 4.28. The van der Waals surface area contributed by atoms with Crippen molar-refractivity contribution >= 4 is 40.6 Å². The minimum Gasteiger partial charge on any atom is -0.507 e. The Morgan fingerprint density at radius 1 is 1.27 bits per heavy atom. The van der Waals surface area contributed by atoms with Crippen LogP contribution in [0.25, 0.3) is 0 Å². The maximum atomic E-state index is 11.5. The van der Waals surface area contributed by atoms with Crippen molar-refractivity contribution in [2.24, 2.45) is 0 Å². The van der Waals surface area contributed by atoms with Gasteiger partial charge in [0.25, 0.3) is 5.91 Å². The monoisotopic (exact) mass is 340 g/mol. The predicted octanol–water partition coefficient (Wildman–Crippen LogP) is 1.70. The highest BCUT2D eigenvalue weighted by molar-refractivity contribution is 7.12. The predicted molar refractivity (Wildman–Crippen MR) is 81.0 cm³/mol. The van der Waals surface area contributed by atoms with E-state index in [9.17, 15) is 14.4 Å². The number of ether oxygens (including phenoxy) is 1. The van der Waals surface area contributed by atoms with Crippen molar-refractivity contribution in [2.75, 3.05) is 6.61 Å². The molecule has 0 spiro atoms. The molecule has 2 rings (SSSR count). The second kappa shape index (κ2) is 7.57. The van der Waals surface area contributed by atoms with Crippen LogP contribution in [0.3, 0.4) is 0 Å². The summed E-state index contributed by atoms with van der Waals surface area (Å²) in [5.74, 6) is -1.52. The van der Waals surface area contributed by atoms with Crippen molar-refractivity contribution in [1.82, 2.24) is 10.6 Å². The lowest BCUT2D eigenvalue weighted by atomic mass is 10.4. The van der Waals surface area contributed by atoms with Crippen molar-refractivity contribution in [1.29, 1.82) is 0 Å². The molecule has 0 aliphatic carbocycles. The summed E-state index contributed by atoms with van der Waals surface area (Å²) in [7, 11) is 0. The lowest BCUT2D eigenvalue weighted by Gasteiger charge is -2.06. The van der Waals surface area contributed by atoms with E-state index in [1.54, 1.807) is 0 Å². The molecule has 0 unspecified atom stereocenters. The van der Waals surface area contributed by atoms with Crippen LogP contribution in [0, 0.1) is 0 Å². The van der Waals surface area contributed by atoms with E-state index in [1.807, 2.05) is 22.8 Å². The van der Waals surface area contributed by atoms with Crippen LogP contribution in [0.4, 0.5) is 4.79 Å². The average Bonchev–Trinajstić information content (AvgIpc) is 3.14. The largest absolute Gasteiger partial charge is 0.507 e. The van der Waals surface area contributed by atoms with Gasteiger partial charge < -0.3 is 15.2 Å². The molecular weight excluding hydrogens is 328 g/mol. The highest BCUT2D eigenvalue weighted by Gasteiger charge is 2.14. The van der Waals surface area contributed by atoms with Gasteiger partial charge in [-0.2, -0.15) is 0 Å². The van der Waals surface area contributed by atoms with Crippen LogP contribution >= 0.6 is 22.7 Å². The highest BCUT2D eigenvalue weighted by atomic mass is 32.1. The third kappa shape index (κ3) is 4.86. The molecule has 3 N–H and O–H groups in total. The fourth-order valence-corrected chi connectivity index (χ4v) is 2.73. The minimum absolute atomic E-state index is 0.0469. The fraction of sp³-hybridized carbons (Fsp3) is 0.154. The lowest BCUT2D eigenvalue weighted by Crippen LogP contribution is -2.41. The Morgan fingerprint density at radius 3 is 2.73 bits per heavy atom. The molecule has 116 valence electrons. The van der Waals surface area contributed by atoms with E-state index in [0.29, 0.717) is 6.54 Å². The number of imide groups is 1. The average molecular weight is 340 g/mol. The molecule has 0 radical (unpaired) electrons. The Bertz CT molecular complexity index is 666. The van der Waals surface area contributed by atoms with E-state index in [1.165, 1.54) is 22.8 Å². The van der Waals surface area contributed by atoms with Crippen LogP contribution in [-0.4, -0.2) is 29.6 Å². The maximum absolute atomic E-state index is 11.5. The number of esters is 1. The van der Waals surface area contributed by atoms with Crippen LogP contribution in [-0.2, 0) is 16.1 Å². The lowest BCUT2D eigenvalue weighted by molar-refractivity contribution is -0.123. The number of carbonyl (C=O) groups excluding carboxylic acids is 3. The van der Waals surface area contributed by atoms with Gasteiger partial charge in [0.2, 0.25) is 0 Å². The second-order valence-electron chi connectivity index (χ2n) is 4.06. The molecule has 2 aromatic rings. The van der Waals surface area contributed by atoms with E-state index < -0.39 is 24.5 Å². The number of hydrogen-bond acceptors (Lipinski definition) is 7. The smallest absolute Gasteiger partial charge is 0.348 e. The van der Waals surface area contributed by atoms with Crippen LogP contribution in [0.15, 0.2) is 29.0 Å². The van der Waals surface area contributed by atoms with Crippen molar-refractivity contribution in [3.63, 3.8) is 0 Å². The van der Waals surface area contributed by atoms with Crippen LogP contribution in [0.1, 0.15) is 14.5 Å². The van der Waals surface area contributed by atoms with Crippen molar-refractivity contribution in [3.8, 4) is 5.75 Å². The van der Waals surface area contributed by atoms with Gasteiger partial charge in [-0.15, -0.1) is 22.7 Å². The van der Waals surface area contributed by atoms with Gasteiger partial charge in [-0.3, -0.25) is 10.1 Å². The summed E-state index contributed by atoms with van der Waals surface area (Å²) in [6.45, 7) is -0.269. The summed E-state index contributed by atoms with van der Waals surface area (Å²) in [4.78, 5) is 35.6. The SMILES string of the molecule is O=C(COC(=O)c1cc(O)cs1)NC(=O)NCc1cccs1. The van der Waals surface area contributed by atoms with Gasteiger partial charge in [0.05, 0.1) is 6.54 Å². The molecule has 0 bridgehead atoms. The Labute approximate surface area is 133 Å². The molecule has 3 amide bonds. The second-order valence-corrected chi connectivity index (χ2v) is 6.00. The summed E-state index contributed by atoms with van der Waals surface area (Å²) in [5.41, 5.74) is 0. The van der Waals surface area contributed by atoms with Crippen LogP contribution < -0.4 is 10.6 Å². The number of carbonyl (C=O) groups is 3. The van der Waals surface area contributed by atoms with Gasteiger partial charge in [-0.25, -0.2) is 9.59 Å². The Balaban J connectivity index is 1.68. The van der Waals surface area contributed by atoms with E-state index in [0.717, 1.165) is 16.2 Å². The molecule has 0 saturated heterocycles. The number of nitrogens with one attached hydrogen (secondary N) is 2. The van der Waals surface area contributed by atoms with Gasteiger partial charge >= 0.3 is 12.0 Å². The van der Waals surface area contributed by atoms with Crippen molar-refractivity contribution in [3.05, 3.63) is 38.7 Å². The number of thiophene rings is 2. The molecule has 9 heteroatoms. The number of rotatable bonds is 5. The molecule has 0 saturated carbocycles. The highest BCUT2D eigenvalue weighted by Crippen LogP contribution is 2.20. The maximum Gasteiger partial charge on any atom is 0.348 e. The molecule has 22 heavy (non-hydrogen) atoms. The van der Waals surface area contributed by atoms with Gasteiger partial charge in [-0.05, 0) is 11.4 Å². The summed E-state index contributed by atoms with van der Waals surface area (Å²) in [6.07, 6.45) is 0. The molecule has 0 aliphatic rings. The molecule has 2 heterocycles. The Kier molecular flexibility index (Phi) is 5.50. The number of hydrogen-bond donors (Lipinski definition) is 3. The molecule has 7 nitrogen and oxygen atoms in total. The van der Waals surface area contributed by atoms with E-state index in [4.69, 9.17) is 9.84 Å². The topological polar surface area (TPSA) is 105 Å². The normalized spacial score (nSPS) is 10.0. The molecule has 0 aromatic carbocycles. The van der Waals surface area contributed by atoms with Crippen LogP contribution in [0.2, 0.25) is 0 Å². The zero-order chi connectivity index (χ0) is 15.9. The standard InChI is InChI=1S/C13H12N2O5S2/c16-8-4-10(22-7-8)12(18)20-6-11(17)15-13(19)14-5-9-2-1-3-21-9/h1-4,7,16H,5-6H2,(H2,14,15,17,19). The Morgan fingerprint density at radius 2 is 2.09 bits per heavy atom. The molecular formula is C13H12N2O5S2. The van der Waals surface area contributed by atoms with Gasteiger partial charge in [0.15, 0.2) is 6.61 Å². The van der Waals surface area contributed by atoms with E-state index >= 15 is 0 Å². The third-order valence-corrected chi connectivity index (χ3v) is 4.15. The number of aromatic hydroxyl groups is 1. The first-order chi connectivity index (χ1) is 10.5. The Hall–Kier alpha value is -2.39.